The summed E-state index contributed by atoms with van der Waals surface area (Å²) >= 11 is 3.12. The highest BCUT2D eigenvalue weighted by molar-refractivity contribution is 9.09. The summed E-state index contributed by atoms with van der Waals surface area (Å²) in [5.74, 6) is 0.0411. The molecule has 0 aliphatic heterocycles. The number of carbonyl (C=O) groups excluding carboxylic acids is 1. The van der Waals surface area contributed by atoms with Crippen LogP contribution in [0.1, 0.15) is 11.1 Å². The predicted octanol–water partition coefficient (Wildman–Crippen LogP) is 1.91. The third-order valence-electron chi connectivity index (χ3n) is 2.04. The normalized spacial score (nSPS) is 9.40. The Bertz CT molecular complexity index is 381. The van der Waals surface area contributed by atoms with Gasteiger partial charge in [-0.15, -0.1) is 0 Å². The van der Waals surface area contributed by atoms with E-state index in [0.717, 1.165) is 5.56 Å². The van der Waals surface area contributed by atoms with Crippen molar-refractivity contribution in [3.8, 4) is 6.07 Å². The number of benzene rings is 1. The number of alkyl halides is 1. The molecule has 0 radical (unpaired) electrons. The highest BCUT2D eigenvalue weighted by atomic mass is 79.9. The molecule has 78 valence electrons. The third-order valence-corrected chi connectivity index (χ3v) is 2.52. The minimum absolute atomic E-state index is 0.0411. The third kappa shape index (κ3) is 3.37. The zero-order chi connectivity index (χ0) is 11.3. The number of nitrogens with zero attached hydrogens (tertiary/aromatic N) is 2. The van der Waals surface area contributed by atoms with E-state index in [0.29, 0.717) is 17.4 Å². The number of hydrogen-bond donors (Lipinski definition) is 0. The Morgan fingerprint density at radius 1 is 1.47 bits per heavy atom. The second-order valence-corrected chi connectivity index (χ2v) is 3.75. The molecular weight excluding hydrogens is 256 g/mol. The van der Waals surface area contributed by atoms with Crippen molar-refractivity contribution in [1.82, 2.24) is 4.90 Å². The number of carbonyl (C=O) groups is 1. The summed E-state index contributed by atoms with van der Waals surface area (Å²) in [6.07, 6.45) is 0. The van der Waals surface area contributed by atoms with Crippen LogP contribution in [0.4, 0.5) is 0 Å². The lowest BCUT2D eigenvalue weighted by Gasteiger charge is -2.15. The summed E-state index contributed by atoms with van der Waals surface area (Å²) < 4.78 is 0. The van der Waals surface area contributed by atoms with Gasteiger partial charge in [0.1, 0.15) is 0 Å². The van der Waals surface area contributed by atoms with Gasteiger partial charge < -0.3 is 4.90 Å². The minimum Gasteiger partial charge on any atom is -0.341 e. The summed E-state index contributed by atoms with van der Waals surface area (Å²) in [6, 6.07) is 9.27. The fourth-order valence-corrected chi connectivity index (χ4v) is 1.58. The van der Waals surface area contributed by atoms with E-state index in [2.05, 4.69) is 22.0 Å². The van der Waals surface area contributed by atoms with Gasteiger partial charge in [-0.1, -0.05) is 28.1 Å². The molecular formula is C11H11BrN2O. The van der Waals surface area contributed by atoms with Gasteiger partial charge in [0.2, 0.25) is 5.91 Å². The molecule has 1 rings (SSSR count). The van der Waals surface area contributed by atoms with Crippen molar-refractivity contribution in [1.29, 1.82) is 5.26 Å². The van der Waals surface area contributed by atoms with E-state index >= 15 is 0 Å². The van der Waals surface area contributed by atoms with Gasteiger partial charge in [0, 0.05) is 13.6 Å². The largest absolute Gasteiger partial charge is 0.341 e. The van der Waals surface area contributed by atoms with E-state index in [1.807, 2.05) is 12.1 Å². The van der Waals surface area contributed by atoms with Crippen molar-refractivity contribution in [2.45, 2.75) is 6.54 Å². The fraction of sp³-hybridized carbons (Fsp3) is 0.273. The lowest BCUT2D eigenvalue weighted by molar-refractivity contribution is -0.127. The number of halogens is 1. The Balaban J connectivity index is 2.66. The van der Waals surface area contributed by atoms with Crippen LogP contribution in [0.5, 0.6) is 0 Å². The van der Waals surface area contributed by atoms with Crippen LogP contribution in [-0.4, -0.2) is 23.2 Å². The lowest BCUT2D eigenvalue weighted by Crippen LogP contribution is -2.26. The van der Waals surface area contributed by atoms with Crippen molar-refractivity contribution < 1.29 is 4.79 Å². The minimum atomic E-state index is 0.0411. The van der Waals surface area contributed by atoms with Gasteiger partial charge in [-0.2, -0.15) is 5.26 Å². The van der Waals surface area contributed by atoms with E-state index < -0.39 is 0 Å². The van der Waals surface area contributed by atoms with Crippen molar-refractivity contribution in [2.75, 3.05) is 12.4 Å². The summed E-state index contributed by atoms with van der Waals surface area (Å²) in [5.41, 5.74) is 1.65. The van der Waals surface area contributed by atoms with Gasteiger partial charge in [-0.3, -0.25) is 4.79 Å². The first kappa shape index (κ1) is 11.7. The molecule has 0 aliphatic rings. The summed E-state index contributed by atoms with van der Waals surface area (Å²) in [6.45, 7) is 0.566. The Kier molecular flexibility index (Phi) is 4.32. The van der Waals surface area contributed by atoms with Crippen LogP contribution in [0.15, 0.2) is 24.3 Å². The first-order valence-electron chi connectivity index (χ1n) is 4.46. The molecule has 0 aromatic heterocycles. The SMILES string of the molecule is CN(Cc1ccc(C#N)cc1)C(=O)CBr. The number of rotatable bonds is 3. The van der Waals surface area contributed by atoms with Crippen molar-refractivity contribution in [3.63, 3.8) is 0 Å². The second-order valence-electron chi connectivity index (χ2n) is 3.19. The zero-order valence-corrected chi connectivity index (χ0v) is 9.99. The van der Waals surface area contributed by atoms with E-state index in [1.54, 1.807) is 24.1 Å². The molecule has 1 aromatic rings. The molecule has 0 saturated carbocycles. The Morgan fingerprint density at radius 3 is 2.53 bits per heavy atom. The zero-order valence-electron chi connectivity index (χ0n) is 8.40. The summed E-state index contributed by atoms with van der Waals surface area (Å²) in [5, 5.41) is 8.95. The molecule has 0 N–H and O–H groups in total. The van der Waals surface area contributed by atoms with Gasteiger partial charge in [0.15, 0.2) is 0 Å². The van der Waals surface area contributed by atoms with Crippen molar-refractivity contribution in [2.24, 2.45) is 0 Å². The molecule has 0 bridgehead atoms. The molecule has 1 aromatic carbocycles. The van der Waals surface area contributed by atoms with Crippen LogP contribution in [-0.2, 0) is 11.3 Å². The van der Waals surface area contributed by atoms with Crippen LogP contribution < -0.4 is 0 Å². The Morgan fingerprint density at radius 2 is 2.07 bits per heavy atom. The summed E-state index contributed by atoms with van der Waals surface area (Å²) in [4.78, 5) is 12.9. The van der Waals surface area contributed by atoms with Gasteiger partial charge in [-0.05, 0) is 17.7 Å². The molecule has 15 heavy (non-hydrogen) atoms. The molecule has 1 amide bonds. The van der Waals surface area contributed by atoms with Crippen LogP contribution >= 0.6 is 15.9 Å². The van der Waals surface area contributed by atoms with Gasteiger partial charge in [-0.25, -0.2) is 0 Å². The van der Waals surface area contributed by atoms with Gasteiger partial charge in [0.25, 0.3) is 0 Å². The number of hydrogen-bond acceptors (Lipinski definition) is 2. The maximum absolute atomic E-state index is 11.3. The quantitative estimate of drug-likeness (QED) is 0.785. The maximum atomic E-state index is 11.3. The monoisotopic (exact) mass is 266 g/mol. The highest BCUT2D eigenvalue weighted by Crippen LogP contribution is 2.06. The molecule has 0 heterocycles. The fourth-order valence-electron chi connectivity index (χ4n) is 1.15. The Labute approximate surface area is 97.4 Å². The molecule has 0 saturated heterocycles. The van der Waals surface area contributed by atoms with Gasteiger partial charge >= 0.3 is 0 Å². The lowest BCUT2D eigenvalue weighted by atomic mass is 10.1. The molecule has 3 nitrogen and oxygen atoms in total. The predicted molar refractivity (Wildman–Crippen MR) is 61.4 cm³/mol. The second kappa shape index (κ2) is 5.52. The van der Waals surface area contributed by atoms with Crippen molar-refractivity contribution >= 4 is 21.8 Å². The van der Waals surface area contributed by atoms with E-state index in [-0.39, 0.29) is 5.91 Å². The van der Waals surface area contributed by atoms with Crippen LogP contribution in [0, 0.1) is 11.3 Å². The van der Waals surface area contributed by atoms with E-state index in [1.165, 1.54) is 0 Å². The first-order chi connectivity index (χ1) is 7.17. The smallest absolute Gasteiger partial charge is 0.233 e. The average Bonchev–Trinajstić information content (AvgIpc) is 2.29. The Hall–Kier alpha value is -1.34. The summed E-state index contributed by atoms with van der Waals surface area (Å²) in [7, 11) is 1.75. The van der Waals surface area contributed by atoms with E-state index in [9.17, 15) is 4.79 Å². The average molecular weight is 267 g/mol. The molecule has 0 spiro atoms. The van der Waals surface area contributed by atoms with Crippen LogP contribution in [0.2, 0.25) is 0 Å². The standard InChI is InChI=1S/C11H11BrN2O/c1-14(11(15)6-12)8-10-4-2-9(7-13)3-5-10/h2-5H,6,8H2,1H3. The van der Waals surface area contributed by atoms with Crippen molar-refractivity contribution in [3.05, 3.63) is 35.4 Å². The molecule has 0 unspecified atom stereocenters. The van der Waals surface area contributed by atoms with Gasteiger partial charge in [0.05, 0.1) is 17.0 Å². The molecule has 0 fully saturated rings. The number of nitriles is 1. The van der Waals surface area contributed by atoms with Crippen LogP contribution in [0.3, 0.4) is 0 Å². The number of amides is 1. The molecule has 4 heteroatoms. The molecule has 0 atom stereocenters. The van der Waals surface area contributed by atoms with E-state index in [4.69, 9.17) is 5.26 Å². The van der Waals surface area contributed by atoms with Crippen LogP contribution in [0.25, 0.3) is 0 Å². The first-order valence-corrected chi connectivity index (χ1v) is 5.58. The highest BCUT2D eigenvalue weighted by Gasteiger charge is 2.06. The topological polar surface area (TPSA) is 44.1 Å². The molecule has 0 aliphatic carbocycles. The maximum Gasteiger partial charge on any atom is 0.233 e.